The Labute approximate surface area is 190 Å². The quantitative estimate of drug-likeness (QED) is 0.449. The number of likely N-dealkylation sites (tertiary alicyclic amines) is 1. The zero-order valence-corrected chi connectivity index (χ0v) is 19.5. The first-order chi connectivity index (χ1) is 15.4. The number of phenols is 1. The molecule has 0 radical (unpaired) electrons. The Morgan fingerprint density at radius 1 is 1.16 bits per heavy atom. The summed E-state index contributed by atoms with van der Waals surface area (Å²) in [6.45, 7) is 9.85. The molecule has 0 aliphatic carbocycles. The second-order valence-electron chi connectivity index (χ2n) is 8.44. The highest BCUT2D eigenvalue weighted by Gasteiger charge is 2.20. The molecule has 0 amide bonds. The molecule has 1 saturated heterocycles. The molecule has 1 heterocycles. The highest BCUT2D eigenvalue weighted by Crippen LogP contribution is 2.23. The molecular weight excluding hydrogens is 407 g/mol. The second kappa shape index (κ2) is 11.2. The van der Waals surface area contributed by atoms with E-state index in [1.165, 1.54) is 7.11 Å². The molecule has 1 aliphatic heterocycles. The van der Waals surface area contributed by atoms with Crippen molar-refractivity contribution in [2.24, 2.45) is 4.99 Å². The van der Waals surface area contributed by atoms with Crippen molar-refractivity contribution in [2.45, 2.75) is 52.7 Å². The first-order valence-electron chi connectivity index (χ1n) is 11.3. The fourth-order valence-electron chi connectivity index (χ4n) is 4.12. The molecule has 32 heavy (non-hydrogen) atoms. The number of aromatic hydroxyl groups is 1. The molecule has 6 nitrogen and oxygen atoms in total. The highest BCUT2D eigenvalue weighted by molar-refractivity contribution is 5.80. The van der Waals surface area contributed by atoms with E-state index < -0.39 is 0 Å². The SMILES string of the molecule is CCNC(=NCc1cc(C)c(O)c(C)c1)NC1CCN(Cc2ccc(OC)c(F)c2)CC1. The molecule has 1 aliphatic rings. The zero-order chi connectivity index (χ0) is 23.1. The van der Waals surface area contributed by atoms with Crippen LogP contribution in [0.25, 0.3) is 0 Å². The molecule has 7 heteroatoms. The largest absolute Gasteiger partial charge is 0.507 e. The summed E-state index contributed by atoms with van der Waals surface area (Å²) in [6.07, 6.45) is 2.00. The molecule has 2 aromatic rings. The van der Waals surface area contributed by atoms with E-state index in [1.54, 1.807) is 12.1 Å². The number of piperidine rings is 1. The zero-order valence-electron chi connectivity index (χ0n) is 19.5. The summed E-state index contributed by atoms with van der Waals surface area (Å²) in [4.78, 5) is 7.10. The molecular formula is C25H35FN4O2. The van der Waals surface area contributed by atoms with Crippen LogP contribution in [-0.2, 0) is 13.1 Å². The Morgan fingerprint density at radius 2 is 1.84 bits per heavy atom. The summed E-state index contributed by atoms with van der Waals surface area (Å²) in [5, 5.41) is 16.9. The lowest BCUT2D eigenvalue weighted by Crippen LogP contribution is -2.48. The Hall–Kier alpha value is -2.80. The molecule has 2 aromatic carbocycles. The Balaban J connectivity index is 1.53. The number of halogens is 1. The topological polar surface area (TPSA) is 69.1 Å². The number of methoxy groups -OCH3 is 1. The van der Waals surface area contributed by atoms with Crippen LogP contribution in [0.1, 0.15) is 42.0 Å². The van der Waals surface area contributed by atoms with E-state index in [2.05, 4.69) is 22.5 Å². The van der Waals surface area contributed by atoms with Crippen molar-refractivity contribution in [1.29, 1.82) is 0 Å². The maximum absolute atomic E-state index is 14.0. The number of phenolic OH excluding ortho intramolecular Hbond substituents is 1. The van der Waals surface area contributed by atoms with Gasteiger partial charge < -0.3 is 20.5 Å². The number of guanidine groups is 1. The summed E-state index contributed by atoms with van der Waals surface area (Å²) in [5.41, 5.74) is 3.79. The Morgan fingerprint density at radius 3 is 2.44 bits per heavy atom. The van der Waals surface area contributed by atoms with E-state index >= 15 is 0 Å². The van der Waals surface area contributed by atoms with E-state index in [0.717, 1.165) is 67.2 Å². The fraction of sp³-hybridized carbons (Fsp3) is 0.480. The lowest BCUT2D eigenvalue weighted by Gasteiger charge is -2.33. The van der Waals surface area contributed by atoms with Crippen LogP contribution in [-0.4, -0.2) is 48.8 Å². The number of benzene rings is 2. The van der Waals surface area contributed by atoms with Crippen molar-refractivity contribution in [3.05, 3.63) is 58.4 Å². The predicted molar refractivity (Wildman–Crippen MR) is 127 cm³/mol. The van der Waals surface area contributed by atoms with Gasteiger partial charge in [0.1, 0.15) is 5.75 Å². The van der Waals surface area contributed by atoms with Gasteiger partial charge in [0.2, 0.25) is 0 Å². The van der Waals surface area contributed by atoms with Crippen molar-refractivity contribution in [1.82, 2.24) is 15.5 Å². The van der Waals surface area contributed by atoms with Crippen LogP contribution in [0.4, 0.5) is 4.39 Å². The third kappa shape index (κ3) is 6.36. The fourth-order valence-corrected chi connectivity index (χ4v) is 4.12. The average Bonchev–Trinajstić information content (AvgIpc) is 2.77. The van der Waals surface area contributed by atoms with Crippen molar-refractivity contribution in [3.63, 3.8) is 0 Å². The van der Waals surface area contributed by atoms with Gasteiger partial charge in [-0.2, -0.15) is 0 Å². The van der Waals surface area contributed by atoms with Crippen molar-refractivity contribution in [2.75, 3.05) is 26.7 Å². The van der Waals surface area contributed by atoms with Gasteiger partial charge >= 0.3 is 0 Å². The number of ether oxygens (including phenoxy) is 1. The van der Waals surface area contributed by atoms with E-state index in [1.807, 2.05) is 32.0 Å². The van der Waals surface area contributed by atoms with E-state index in [-0.39, 0.29) is 11.6 Å². The predicted octanol–water partition coefficient (Wildman–Crippen LogP) is 3.88. The van der Waals surface area contributed by atoms with E-state index in [4.69, 9.17) is 9.73 Å². The minimum Gasteiger partial charge on any atom is -0.507 e. The Bertz CT molecular complexity index is 917. The average molecular weight is 443 g/mol. The molecule has 0 unspecified atom stereocenters. The van der Waals surface area contributed by atoms with Crippen LogP contribution >= 0.6 is 0 Å². The first kappa shape index (κ1) is 23.9. The molecule has 0 aromatic heterocycles. The second-order valence-corrected chi connectivity index (χ2v) is 8.44. The van der Waals surface area contributed by atoms with Crippen molar-refractivity contribution in [3.8, 4) is 11.5 Å². The summed E-state index contributed by atoms with van der Waals surface area (Å²) in [7, 11) is 1.48. The summed E-state index contributed by atoms with van der Waals surface area (Å²) in [5.74, 6) is 1.13. The summed E-state index contributed by atoms with van der Waals surface area (Å²) in [6, 6.07) is 9.49. The monoisotopic (exact) mass is 442 g/mol. The van der Waals surface area contributed by atoms with Gasteiger partial charge in [-0.1, -0.05) is 18.2 Å². The number of nitrogens with zero attached hydrogens (tertiary/aromatic N) is 2. The lowest BCUT2D eigenvalue weighted by molar-refractivity contribution is 0.198. The van der Waals surface area contributed by atoms with Gasteiger partial charge in [-0.3, -0.25) is 4.90 Å². The molecule has 1 fully saturated rings. The van der Waals surface area contributed by atoms with Gasteiger partial charge in [-0.15, -0.1) is 0 Å². The van der Waals surface area contributed by atoms with Crippen molar-refractivity contribution < 1.29 is 14.2 Å². The number of hydrogen-bond acceptors (Lipinski definition) is 4. The van der Waals surface area contributed by atoms with Gasteiger partial charge in [0.05, 0.1) is 13.7 Å². The van der Waals surface area contributed by atoms with Crippen LogP contribution in [0.2, 0.25) is 0 Å². The van der Waals surface area contributed by atoms with Crippen LogP contribution in [0, 0.1) is 19.7 Å². The minimum absolute atomic E-state index is 0.282. The lowest BCUT2D eigenvalue weighted by atomic mass is 10.0. The molecule has 0 bridgehead atoms. The smallest absolute Gasteiger partial charge is 0.191 e. The van der Waals surface area contributed by atoms with Gasteiger partial charge in [0.25, 0.3) is 0 Å². The molecule has 3 N–H and O–H groups in total. The number of hydrogen-bond donors (Lipinski definition) is 3. The number of nitrogens with one attached hydrogen (secondary N) is 2. The maximum atomic E-state index is 14.0. The van der Waals surface area contributed by atoms with E-state index in [9.17, 15) is 9.50 Å². The van der Waals surface area contributed by atoms with Gasteiger partial charge in [-0.05, 0) is 68.0 Å². The first-order valence-corrected chi connectivity index (χ1v) is 11.3. The minimum atomic E-state index is -0.313. The maximum Gasteiger partial charge on any atom is 0.191 e. The molecule has 3 rings (SSSR count). The van der Waals surface area contributed by atoms with Crippen LogP contribution in [0.5, 0.6) is 11.5 Å². The Kier molecular flexibility index (Phi) is 8.33. The third-order valence-corrected chi connectivity index (χ3v) is 5.87. The summed E-state index contributed by atoms with van der Waals surface area (Å²) >= 11 is 0. The number of rotatable bonds is 7. The molecule has 174 valence electrons. The van der Waals surface area contributed by atoms with Gasteiger partial charge in [-0.25, -0.2) is 9.38 Å². The van der Waals surface area contributed by atoms with Crippen LogP contribution in [0.15, 0.2) is 35.3 Å². The normalized spacial score (nSPS) is 15.6. The number of aliphatic imine (C=N–C) groups is 1. The van der Waals surface area contributed by atoms with Crippen LogP contribution in [0.3, 0.4) is 0 Å². The number of aryl methyl sites for hydroxylation is 2. The van der Waals surface area contributed by atoms with Gasteiger partial charge in [0.15, 0.2) is 17.5 Å². The standard InChI is InChI=1S/C25H35FN4O2/c1-5-27-25(28-15-20-12-17(2)24(31)18(3)13-20)29-21-8-10-30(11-9-21)16-19-6-7-23(32-4)22(26)14-19/h6-7,12-14,21,31H,5,8-11,15-16H2,1-4H3,(H2,27,28,29). The molecule has 0 saturated carbocycles. The van der Waals surface area contributed by atoms with Gasteiger partial charge in [0, 0.05) is 32.2 Å². The summed E-state index contributed by atoms with van der Waals surface area (Å²) < 4.78 is 19.0. The third-order valence-electron chi connectivity index (χ3n) is 5.87. The molecule has 0 atom stereocenters. The van der Waals surface area contributed by atoms with Crippen molar-refractivity contribution >= 4 is 5.96 Å². The van der Waals surface area contributed by atoms with Crippen LogP contribution < -0.4 is 15.4 Å². The van der Waals surface area contributed by atoms with E-state index in [0.29, 0.717) is 18.3 Å². The molecule has 0 spiro atoms. The highest BCUT2D eigenvalue weighted by atomic mass is 19.1.